The molecule has 2 heterocycles. The summed E-state index contributed by atoms with van der Waals surface area (Å²) in [6.07, 6.45) is 5.92. The van der Waals surface area contributed by atoms with Crippen molar-refractivity contribution in [1.29, 1.82) is 0 Å². The fraction of sp³-hybridized carbons (Fsp3) is 0.619. The Morgan fingerprint density at radius 2 is 1.79 bits per heavy atom. The van der Waals surface area contributed by atoms with Crippen LogP contribution in [-0.4, -0.2) is 61.7 Å². The molecular formula is C21H31N3O4S. The van der Waals surface area contributed by atoms with Crippen LogP contribution in [0.25, 0.3) is 0 Å². The Morgan fingerprint density at radius 3 is 2.48 bits per heavy atom. The van der Waals surface area contributed by atoms with E-state index in [1.54, 1.807) is 34.3 Å². The lowest BCUT2D eigenvalue weighted by Gasteiger charge is -2.33. The van der Waals surface area contributed by atoms with Crippen LogP contribution < -0.4 is 5.32 Å². The molecule has 0 radical (unpaired) electrons. The standard InChI is InChI=1S/C21H31N3O4S/c1-2-20(25)22-18-10-8-12-23(16-18)21(26)17-9-7-11-19(15-17)29(27,28)24-13-5-3-4-6-14-24/h7,9,11,15,18H,2-6,8,10,12-14,16H2,1H3,(H,22,25). The summed E-state index contributed by atoms with van der Waals surface area (Å²) in [5, 5.41) is 2.95. The number of rotatable bonds is 5. The van der Waals surface area contributed by atoms with E-state index < -0.39 is 10.0 Å². The Morgan fingerprint density at radius 1 is 1.07 bits per heavy atom. The summed E-state index contributed by atoms with van der Waals surface area (Å²) in [6, 6.07) is 6.31. The first kappa shape index (κ1) is 21.8. The lowest BCUT2D eigenvalue weighted by atomic mass is 10.0. The van der Waals surface area contributed by atoms with Gasteiger partial charge in [-0.15, -0.1) is 0 Å². The maximum absolute atomic E-state index is 13.1. The van der Waals surface area contributed by atoms with E-state index in [2.05, 4.69) is 5.32 Å². The largest absolute Gasteiger partial charge is 0.352 e. The number of piperidine rings is 1. The number of sulfonamides is 1. The molecule has 0 aromatic heterocycles. The summed E-state index contributed by atoms with van der Waals surface area (Å²) in [5.41, 5.74) is 0.378. The lowest BCUT2D eigenvalue weighted by Crippen LogP contribution is -2.49. The number of benzene rings is 1. The van der Waals surface area contributed by atoms with Crippen LogP contribution >= 0.6 is 0 Å². The van der Waals surface area contributed by atoms with Crippen molar-refractivity contribution in [3.8, 4) is 0 Å². The minimum absolute atomic E-state index is 0.0187. The predicted octanol–water partition coefficient (Wildman–Crippen LogP) is 2.38. The van der Waals surface area contributed by atoms with Gasteiger partial charge in [-0.05, 0) is 43.9 Å². The summed E-state index contributed by atoms with van der Waals surface area (Å²) in [5.74, 6) is -0.205. The molecule has 160 valence electrons. The average molecular weight is 422 g/mol. The molecule has 2 fully saturated rings. The number of amides is 2. The number of likely N-dealkylation sites (tertiary alicyclic amines) is 1. The first-order chi connectivity index (χ1) is 13.9. The lowest BCUT2D eigenvalue weighted by molar-refractivity contribution is -0.121. The molecule has 8 heteroatoms. The van der Waals surface area contributed by atoms with Crippen molar-refractivity contribution in [2.75, 3.05) is 26.2 Å². The fourth-order valence-corrected chi connectivity index (χ4v) is 5.58. The number of nitrogens with zero attached hydrogens (tertiary/aromatic N) is 2. The molecule has 2 aliphatic heterocycles. The maximum atomic E-state index is 13.1. The van der Waals surface area contributed by atoms with Crippen LogP contribution in [0, 0.1) is 0 Å². The smallest absolute Gasteiger partial charge is 0.253 e. The first-order valence-electron chi connectivity index (χ1n) is 10.6. The Hall–Kier alpha value is -1.93. The number of carbonyl (C=O) groups excluding carboxylic acids is 2. The minimum atomic E-state index is -3.60. The van der Waals surface area contributed by atoms with Gasteiger partial charge in [0.25, 0.3) is 5.91 Å². The summed E-state index contributed by atoms with van der Waals surface area (Å²) < 4.78 is 27.6. The number of nitrogens with one attached hydrogen (secondary N) is 1. The van der Waals surface area contributed by atoms with Crippen molar-refractivity contribution in [2.24, 2.45) is 0 Å². The zero-order valence-electron chi connectivity index (χ0n) is 17.1. The second kappa shape index (κ2) is 9.71. The van der Waals surface area contributed by atoms with Crippen LogP contribution in [0.2, 0.25) is 0 Å². The molecule has 0 aliphatic carbocycles. The number of carbonyl (C=O) groups is 2. The molecule has 1 unspecified atom stereocenters. The van der Waals surface area contributed by atoms with E-state index in [4.69, 9.17) is 0 Å². The van der Waals surface area contributed by atoms with E-state index in [0.717, 1.165) is 38.5 Å². The van der Waals surface area contributed by atoms with Gasteiger partial charge in [-0.3, -0.25) is 9.59 Å². The molecule has 3 rings (SSSR count). The molecule has 2 saturated heterocycles. The Labute approximate surface area is 173 Å². The van der Waals surface area contributed by atoms with E-state index in [0.29, 0.717) is 38.2 Å². The topological polar surface area (TPSA) is 86.8 Å². The third kappa shape index (κ3) is 5.36. The Bertz CT molecular complexity index is 832. The minimum Gasteiger partial charge on any atom is -0.352 e. The molecule has 0 saturated carbocycles. The van der Waals surface area contributed by atoms with E-state index in [9.17, 15) is 18.0 Å². The van der Waals surface area contributed by atoms with Gasteiger partial charge in [0.05, 0.1) is 4.90 Å². The van der Waals surface area contributed by atoms with Gasteiger partial charge in [0.1, 0.15) is 0 Å². The third-order valence-electron chi connectivity index (χ3n) is 5.68. The third-order valence-corrected chi connectivity index (χ3v) is 7.57. The molecular weight excluding hydrogens is 390 g/mol. The van der Waals surface area contributed by atoms with Gasteiger partial charge in [0.15, 0.2) is 0 Å². The van der Waals surface area contributed by atoms with E-state index in [1.165, 1.54) is 6.07 Å². The molecule has 1 aromatic carbocycles. The zero-order valence-corrected chi connectivity index (χ0v) is 17.9. The molecule has 0 spiro atoms. The summed E-state index contributed by atoms with van der Waals surface area (Å²) >= 11 is 0. The number of hydrogen-bond acceptors (Lipinski definition) is 4. The molecule has 2 amide bonds. The highest BCUT2D eigenvalue weighted by atomic mass is 32.2. The van der Waals surface area contributed by atoms with Crippen molar-refractivity contribution in [3.63, 3.8) is 0 Å². The van der Waals surface area contributed by atoms with Crippen LogP contribution in [0.4, 0.5) is 0 Å². The van der Waals surface area contributed by atoms with Crippen LogP contribution in [-0.2, 0) is 14.8 Å². The summed E-state index contributed by atoms with van der Waals surface area (Å²) in [6.45, 7) is 3.93. The first-order valence-corrected chi connectivity index (χ1v) is 12.0. The second-order valence-corrected chi connectivity index (χ2v) is 9.80. The van der Waals surface area contributed by atoms with Crippen molar-refractivity contribution in [1.82, 2.24) is 14.5 Å². The van der Waals surface area contributed by atoms with Gasteiger partial charge in [-0.1, -0.05) is 25.8 Å². The highest BCUT2D eigenvalue weighted by Gasteiger charge is 2.28. The van der Waals surface area contributed by atoms with Gasteiger partial charge in [0, 0.05) is 44.2 Å². The van der Waals surface area contributed by atoms with Gasteiger partial charge in [0.2, 0.25) is 15.9 Å². The molecule has 1 N–H and O–H groups in total. The van der Waals surface area contributed by atoms with Crippen LogP contribution in [0.3, 0.4) is 0 Å². The SMILES string of the molecule is CCC(=O)NC1CCCN(C(=O)c2cccc(S(=O)(=O)N3CCCCCC3)c2)C1. The Kier molecular flexibility index (Phi) is 7.29. The van der Waals surface area contributed by atoms with Crippen molar-refractivity contribution >= 4 is 21.8 Å². The molecule has 1 atom stereocenters. The van der Waals surface area contributed by atoms with Crippen molar-refractivity contribution < 1.29 is 18.0 Å². The fourth-order valence-electron chi connectivity index (χ4n) is 4.01. The van der Waals surface area contributed by atoms with E-state index in [1.807, 2.05) is 0 Å². The highest BCUT2D eigenvalue weighted by molar-refractivity contribution is 7.89. The van der Waals surface area contributed by atoms with Gasteiger partial charge in [-0.25, -0.2) is 8.42 Å². The van der Waals surface area contributed by atoms with Gasteiger partial charge in [-0.2, -0.15) is 4.31 Å². The summed E-state index contributed by atoms with van der Waals surface area (Å²) in [7, 11) is -3.60. The molecule has 1 aromatic rings. The number of hydrogen-bond donors (Lipinski definition) is 1. The summed E-state index contributed by atoms with van der Waals surface area (Å²) in [4.78, 5) is 26.6. The Balaban J connectivity index is 1.74. The average Bonchev–Trinajstić information content (AvgIpc) is 3.03. The molecule has 29 heavy (non-hydrogen) atoms. The van der Waals surface area contributed by atoms with Crippen LogP contribution in [0.15, 0.2) is 29.2 Å². The zero-order chi connectivity index (χ0) is 20.9. The highest BCUT2D eigenvalue weighted by Crippen LogP contribution is 2.22. The molecule has 7 nitrogen and oxygen atoms in total. The van der Waals surface area contributed by atoms with Crippen LogP contribution in [0.5, 0.6) is 0 Å². The monoisotopic (exact) mass is 421 g/mol. The van der Waals surface area contributed by atoms with Gasteiger partial charge >= 0.3 is 0 Å². The molecule has 0 bridgehead atoms. The maximum Gasteiger partial charge on any atom is 0.253 e. The quantitative estimate of drug-likeness (QED) is 0.791. The van der Waals surface area contributed by atoms with E-state index in [-0.39, 0.29) is 22.8 Å². The second-order valence-electron chi connectivity index (χ2n) is 7.86. The van der Waals surface area contributed by atoms with E-state index >= 15 is 0 Å². The van der Waals surface area contributed by atoms with Gasteiger partial charge < -0.3 is 10.2 Å². The predicted molar refractivity (Wildman–Crippen MR) is 111 cm³/mol. The van der Waals surface area contributed by atoms with Crippen LogP contribution in [0.1, 0.15) is 62.2 Å². The molecule has 2 aliphatic rings. The normalized spacial score (nSPS) is 21.4. The van der Waals surface area contributed by atoms with Crippen molar-refractivity contribution in [3.05, 3.63) is 29.8 Å². The van der Waals surface area contributed by atoms with Crippen molar-refractivity contribution in [2.45, 2.75) is 62.8 Å².